The summed E-state index contributed by atoms with van der Waals surface area (Å²) in [5, 5.41) is 10.4. The number of aromatic nitrogens is 2. The number of hydrogen-bond acceptors (Lipinski definition) is 4. The number of rotatable bonds is 7. The van der Waals surface area contributed by atoms with Gasteiger partial charge in [-0.15, -0.1) is 0 Å². The van der Waals surface area contributed by atoms with Crippen molar-refractivity contribution in [1.29, 1.82) is 0 Å². The molecule has 2 atom stereocenters. The van der Waals surface area contributed by atoms with E-state index in [-0.39, 0.29) is 12.0 Å². The Bertz CT molecular complexity index is 1140. The lowest BCUT2D eigenvalue weighted by molar-refractivity contribution is 0.159. The predicted molar refractivity (Wildman–Crippen MR) is 129 cm³/mol. The Morgan fingerprint density at radius 3 is 2.56 bits per heavy atom. The number of carbonyl (C=O) groups excluding carboxylic acids is 1. The van der Waals surface area contributed by atoms with E-state index in [1.165, 1.54) is 12.1 Å². The van der Waals surface area contributed by atoms with Gasteiger partial charge in [0.2, 0.25) is 0 Å². The SMILES string of the molecule is COCCN1C[C@@H](NC(=O)Nc2c(Br)c(C)nn2-c2ccccc2)[C@H](c2cc(F)cc(F)c2)C1. The second-order valence-corrected chi connectivity index (χ2v) is 9.05. The highest BCUT2D eigenvalue weighted by molar-refractivity contribution is 9.10. The molecular formula is C24H26BrF2N5O2. The van der Waals surface area contributed by atoms with Crippen molar-refractivity contribution in [2.75, 3.05) is 38.7 Å². The second-order valence-electron chi connectivity index (χ2n) is 8.26. The van der Waals surface area contributed by atoms with Gasteiger partial charge in [0.15, 0.2) is 5.82 Å². The van der Waals surface area contributed by atoms with Crippen LogP contribution in [0.5, 0.6) is 0 Å². The third-order valence-electron chi connectivity index (χ3n) is 5.86. The largest absolute Gasteiger partial charge is 0.383 e. The van der Waals surface area contributed by atoms with Crippen LogP contribution >= 0.6 is 15.9 Å². The van der Waals surface area contributed by atoms with Gasteiger partial charge in [-0.25, -0.2) is 18.3 Å². The number of benzene rings is 2. The first-order valence-corrected chi connectivity index (χ1v) is 11.7. The number of methoxy groups -OCH3 is 1. The zero-order chi connectivity index (χ0) is 24.2. The molecule has 0 unspecified atom stereocenters. The first-order valence-electron chi connectivity index (χ1n) is 10.9. The van der Waals surface area contributed by atoms with Crippen LogP contribution < -0.4 is 10.6 Å². The molecule has 0 spiro atoms. The van der Waals surface area contributed by atoms with Crippen molar-refractivity contribution in [1.82, 2.24) is 20.0 Å². The smallest absolute Gasteiger partial charge is 0.320 e. The number of urea groups is 1. The van der Waals surface area contributed by atoms with Gasteiger partial charge in [0.1, 0.15) is 11.6 Å². The van der Waals surface area contributed by atoms with E-state index in [9.17, 15) is 13.6 Å². The number of carbonyl (C=O) groups is 1. The van der Waals surface area contributed by atoms with E-state index in [4.69, 9.17) is 4.74 Å². The number of hydrogen-bond donors (Lipinski definition) is 2. The maximum absolute atomic E-state index is 13.9. The lowest BCUT2D eigenvalue weighted by Crippen LogP contribution is -2.42. The van der Waals surface area contributed by atoms with Crippen molar-refractivity contribution in [3.8, 4) is 5.69 Å². The highest BCUT2D eigenvalue weighted by atomic mass is 79.9. The molecule has 1 aliphatic rings. The summed E-state index contributed by atoms with van der Waals surface area (Å²) < 4.78 is 35.3. The minimum atomic E-state index is -0.639. The van der Waals surface area contributed by atoms with Crippen LogP contribution in [0.3, 0.4) is 0 Å². The normalized spacial score (nSPS) is 18.3. The van der Waals surface area contributed by atoms with Crippen molar-refractivity contribution >= 4 is 27.8 Å². The fourth-order valence-electron chi connectivity index (χ4n) is 4.25. The molecule has 0 aliphatic carbocycles. The van der Waals surface area contributed by atoms with Crippen LogP contribution in [0.25, 0.3) is 5.69 Å². The Balaban J connectivity index is 1.55. The van der Waals surface area contributed by atoms with Gasteiger partial charge < -0.3 is 10.1 Å². The van der Waals surface area contributed by atoms with Gasteiger partial charge in [-0.2, -0.15) is 5.10 Å². The zero-order valence-electron chi connectivity index (χ0n) is 18.9. The molecule has 4 rings (SSSR count). The number of nitrogens with one attached hydrogen (secondary N) is 2. The van der Waals surface area contributed by atoms with Gasteiger partial charge in [-0.05, 0) is 52.7 Å². The minimum absolute atomic E-state index is 0.281. The molecule has 10 heteroatoms. The molecule has 0 bridgehead atoms. The summed E-state index contributed by atoms with van der Waals surface area (Å²) in [5.74, 6) is -1.07. The highest BCUT2D eigenvalue weighted by Gasteiger charge is 2.35. The highest BCUT2D eigenvalue weighted by Crippen LogP contribution is 2.31. The molecule has 2 amide bonds. The Labute approximate surface area is 205 Å². The Morgan fingerprint density at radius 2 is 1.88 bits per heavy atom. The number of nitrogens with zero attached hydrogens (tertiary/aromatic N) is 3. The third kappa shape index (κ3) is 5.45. The predicted octanol–water partition coefficient (Wildman–Crippen LogP) is 4.46. The fourth-order valence-corrected chi connectivity index (χ4v) is 4.59. The van der Waals surface area contributed by atoms with Crippen molar-refractivity contribution in [3.63, 3.8) is 0 Å². The van der Waals surface area contributed by atoms with E-state index in [1.807, 2.05) is 37.3 Å². The number of para-hydroxylation sites is 1. The van der Waals surface area contributed by atoms with Crippen LogP contribution in [-0.2, 0) is 4.74 Å². The zero-order valence-corrected chi connectivity index (χ0v) is 20.5. The summed E-state index contributed by atoms with van der Waals surface area (Å²) in [5.41, 5.74) is 2.03. The molecule has 2 N–H and O–H groups in total. The van der Waals surface area contributed by atoms with E-state index in [0.29, 0.717) is 42.1 Å². The van der Waals surface area contributed by atoms with Crippen LogP contribution in [0.2, 0.25) is 0 Å². The van der Waals surface area contributed by atoms with E-state index < -0.39 is 17.7 Å². The van der Waals surface area contributed by atoms with Crippen molar-refractivity contribution in [3.05, 3.63) is 75.9 Å². The average molecular weight is 534 g/mol. The molecular weight excluding hydrogens is 508 g/mol. The molecule has 1 saturated heterocycles. The molecule has 180 valence electrons. The van der Waals surface area contributed by atoms with E-state index in [2.05, 4.69) is 36.6 Å². The summed E-state index contributed by atoms with van der Waals surface area (Å²) >= 11 is 3.51. The van der Waals surface area contributed by atoms with Crippen LogP contribution in [-0.4, -0.2) is 60.1 Å². The topological polar surface area (TPSA) is 71.4 Å². The minimum Gasteiger partial charge on any atom is -0.383 e. The number of likely N-dealkylation sites (tertiary alicyclic amines) is 1. The molecule has 2 heterocycles. The van der Waals surface area contributed by atoms with Gasteiger partial charge in [0.25, 0.3) is 0 Å². The number of aryl methyl sites for hydroxylation is 1. The number of anilines is 1. The Hall–Kier alpha value is -2.82. The number of halogens is 3. The summed E-state index contributed by atoms with van der Waals surface area (Å²) in [6, 6.07) is 12.2. The molecule has 0 saturated carbocycles. The first kappa shape index (κ1) is 24.3. The summed E-state index contributed by atoms with van der Waals surface area (Å²) in [6.45, 7) is 4.08. The van der Waals surface area contributed by atoms with E-state index in [1.54, 1.807) is 11.8 Å². The van der Waals surface area contributed by atoms with Crippen LogP contribution in [0.4, 0.5) is 19.4 Å². The van der Waals surface area contributed by atoms with Crippen LogP contribution in [0.15, 0.2) is 53.0 Å². The van der Waals surface area contributed by atoms with Gasteiger partial charge in [0.05, 0.1) is 28.5 Å². The molecule has 2 aromatic carbocycles. The molecule has 1 aliphatic heterocycles. The van der Waals surface area contributed by atoms with Crippen molar-refractivity contribution in [2.24, 2.45) is 0 Å². The molecule has 34 heavy (non-hydrogen) atoms. The molecule has 3 aromatic rings. The van der Waals surface area contributed by atoms with Gasteiger partial charge in [-0.1, -0.05) is 18.2 Å². The second kappa shape index (κ2) is 10.6. The van der Waals surface area contributed by atoms with Gasteiger partial charge in [-0.3, -0.25) is 10.2 Å². The standard InChI is InChI=1S/C24H26BrF2N5O2/c1-15-22(25)23(32(30-15)19-6-4-3-5-7-19)29-24(33)28-21-14-31(8-9-34-2)13-20(21)16-10-17(26)12-18(27)11-16/h3-7,10-12,20-21H,8-9,13-14H2,1-2H3,(H2,28,29,33)/t20-,21+/m0/s1. The lowest BCUT2D eigenvalue weighted by Gasteiger charge is -2.21. The number of ether oxygens (including phenoxy) is 1. The maximum atomic E-state index is 13.9. The Morgan fingerprint density at radius 1 is 1.18 bits per heavy atom. The van der Waals surface area contributed by atoms with Gasteiger partial charge in [0, 0.05) is 38.7 Å². The molecule has 1 aromatic heterocycles. The maximum Gasteiger partial charge on any atom is 0.320 e. The summed E-state index contributed by atoms with van der Waals surface area (Å²) in [6.07, 6.45) is 0. The molecule has 7 nitrogen and oxygen atoms in total. The molecule has 0 radical (unpaired) electrons. The van der Waals surface area contributed by atoms with Crippen LogP contribution in [0.1, 0.15) is 17.2 Å². The third-order valence-corrected chi connectivity index (χ3v) is 6.81. The van der Waals surface area contributed by atoms with Gasteiger partial charge >= 0.3 is 6.03 Å². The monoisotopic (exact) mass is 533 g/mol. The number of amides is 2. The quantitative estimate of drug-likeness (QED) is 0.470. The van der Waals surface area contributed by atoms with Crippen molar-refractivity contribution < 1.29 is 18.3 Å². The lowest BCUT2D eigenvalue weighted by atomic mass is 9.94. The molecule has 1 fully saturated rings. The Kier molecular flexibility index (Phi) is 7.60. The average Bonchev–Trinajstić information content (AvgIpc) is 3.33. The van der Waals surface area contributed by atoms with Crippen LogP contribution in [0, 0.1) is 18.6 Å². The van der Waals surface area contributed by atoms with E-state index in [0.717, 1.165) is 17.4 Å². The summed E-state index contributed by atoms with van der Waals surface area (Å²) in [7, 11) is 1.62. The summed E-state index contributed by atoms with van der Waals surface area (Å²) in [4.78, 5) is 15.2. The van der Waals surface area contributed by atoms with E-state index >= 15 is 0 Å². The first-order chi connectivity index (χ1) is 16.4. The fraction of sp³-hybridized carbons (Fsp3) is 0.333. The van der Waals surface area contributed by atoms with Crippen molar-refractivity contribution in [2.45, 2.75) is 18.9 Å².